The van der Waals surface area contributed by atoms with Crippen molar-refractivity contribution in [2.75, 3.05) is 7.11 Å². The number of aromatic nitrogens is 2. The highest BCUT2D eigenvalue weighted by molar-refractivity contribution is 5.77. The van der Waals surface area contributed by atoms with E-state index in [0.29, 0.717) is 12.2 Å². The molecule has 0 amide bonds. The molecule has 0 spiro atoms. The van der Waals surface area contributed by atoms with Gasteiger partial charge in [-0.2, -0.15) is 5.10 Å². The topological polar surface area (TPSA) is 44.1 Å². The highest BCUT2D eigenvalue weighted by Crippen LogP contribution is 2.29. The maximum Gasteiger partial charge on any atom is 0.168 e. The fourth-order valence-electron chi connectivity index (χ4n) is 2.20. The van der Waals surface area contributed by atoms with E-state index in [0.717, 1.165) is 34.4 Å². The van der Waals surface area contributed by atoms with Crippen LogP contribution in [-0.4, -0.2) is 23.2 Å². The Bertz CT molecular complexity index is 615. The van der Waals surface area contributed by atoms with Crippen molar-refractivity contribution in [3.63, 3.8) is 0 Å². The third-order valence-corrected chi connectivity index (χ3v) is 3.25. The molecule has 1 heterocycles. The van der Waals surface area contributed by atoms with Gasteiger partial charge in [0.1, 0.15) is 11.4 Å². The lowest BCUT2D eigenvalue weighted by atomic mass is 10.0. The third kappa shape index (κ3) is 2.38. The SMILES string of the molecule is CCn1nc(-c2cc(C)c(OC)cc2C)cc1C=O. The molecular formula is C15H18N2O2. The van der Waals surface area contributed by atoms with Crippen LogP contribution in [0.5, 0.6) is 5.75 Å². The summed E-state index contributed by atoms with van der Waals surface area (Å²) in [7, 11) is 1.66. The average molecular weight is 258 g/mol. The first kappa shape index (κ1) is 13.3. The Morgan fingerprint density at radius 2 is 2.00 bits per heavy atom. The predicted molar refractivity (Wildman–Crippen MR) is 74.8 cm³/mol. The van der Waals surface area contributed by atoms with E-state index in [1.54, 1.807) is 11.8 Å². The second kappa shape index (κ2) is 5.26. The summed E-state index contributed by atoms with van der Waals surface area (Å²) in [5.41, 5.74) is 4.61. The highest BCUT2D eigenvalue weighted by atomic mass is 16.5. The lowest BCUT2D eigenvalue weighted by Crippen LogP contribution is -2.01. The van der Waals surface area contributed by atoms with Gasteiger partial charge >= 0.3 is 0 Å². The number of hydrogen-bond acceptors (Lipinski definition) is 3. The van der Waals surface area contributed by atoms with Gasteiger partial charge in [-0.15, -0.1) is 0 Å². The Balaban J connectivity index is 2.55. The Labute approximate surface area is 113 Å². The number of benzene rings is 1. The summed E-state index contributed by atoms with van der Waals surface area (Å²) in [6.45, 7) is 6.67. The minimum Gasteiger partial charge on any atom is -0.496 e. The first-order valence-corrected chi connectivity index (χ1v) is 6.29. The van der Waals surface area contributed by atoms with Crippen LogP contribution in [0.25, 0.3) is 11.3 Å². The van der Waals surface area contributed by atoms with Crippen molar-refractivity contribution in [1.29, 1.82) is 0 Å². The zero-order valence-corrected chi connectivity index (χ0v) is 11.7. The Morgan fingerprint density at radius 1 is 1.26 bits per heavy atom. The molecular weight excluding hydrogens is 240 g/mol. The fourth-order valence-corrected chi connectivity index (χ4v) is 2.20. The van der Waals surface area contributed by atoms with Gasteiger partial charge in [0.2, 0.25) is 0 Å². The molecule has 0 atom stereocenters. The van der Waals surface area contributed by atoms with Crippen molar-refractivity contribution in [1.82, 2.24) is 9.78 Å². The summed E-state index contributed by atoms with van der Waals surface area (Å²) in [6, 6.07) is 5.87. The molecule has 0 aliphatic carbocycles. The number of nitrogens with zero attached hydrogens (tertiary/aromatic N) is 2. The van der Waals surface area contributed by atoms with E-state index in [1.807, 2.05) is 39.0 Å². The minimum atomic E-state index is 0.602. The second-order valence-corrected chi connectivity index (χ2v) is 4.52. The van der Waals surface area contributed by atoms with Gasteiger partial charge in [-0.1, -0.05) is 0 Å². The fraction of sp³-hybridized carbons (Fsp3) is 0.333. The molecule has 0 N–H and O–H groups in total. The molecule has 1 aromatic carbocycles. The number of methoxy groups -OCH3 is 1. The number of carbonyl (C=O) groups is 1. The van der Waals surface area contributed by atoms with Gasteiger partial charge in [0.15, 0.2) is 6.29 Å². The zero-order chi connectivity index (χ0) is 14.0. The summed E-state index contributed by atoms with van der Waals surface area (Å²) in [5, 5.41) is 4.47. The van der Waals surface area contributed by atoms with Gasteiger partial charge in [0.05, 0.1) is 12.8 Å². The van der Waals surface area contributed by atoms with Crippen LogP contribution in [0.15, 0.2) is 18.2 Å². The molecule has 19 heavy (non-hydrogen) atoms. The molecule has 0 radical (unpaired) electrons. The van der Waals surface area contributed by atoms with Gasteiger partial charge in [0.25, 0.3) is 0 Å². The molecule has 4 nitrogen and oxygen atoms in total. The van der Waals surface area contributed by atoms with Gasteiger partial charge in [-0.25, -0.2) is 0 Å². The smallest absolute Gasteiger partial charge is 0.168 e. The van der Waals surface area contributed by atoms with Crippen LogP contribution in [0.1, 0.15) is 28.5 Å². The van der Waals surface area contributed by atoms with Crippen LogP contribution in [0.3, 0.4) is 0 Å². The van der Waals surface area contributed by atoms with E-state index in [1.165, 1.54) is 0 Å². The summed E-state index contributed by atoms with van der Waals surface area (Å²) >= 11 is 0. The van der Waals surface area contributed by atoms with Crippen molar-refractivity contribution >= 4 is 6.29 Å². The first-order chi connectivity index (χ1) is 9.10. The maximum absolute atomic E-state index is 11.0. The monoisotopic (exact) mass is 258 g/mol. The molecule has 4 heteroatoms. The van der Waals surface area contributed by atoms with Gasteiger partial charge in [0, 0.05) is 12.1 Å². The average Bonchev–Trinajstić information content (AvgIpc) is 2.83. The number of hydrogen-bond donors (Lipinski definition) is 0. The normalized spacial score (nSPS) is 10.5. The van der Waals surface area contributed by atoms with Crippen molar-refractivity contribution in [2.24, 2.45) is 0 Å². The number of aldehydes is 1. The van der Waals surface area contributed by atoms with E-state index in [4.69, 9.17) is 4.74 Å². The second-order valence-electron chi connectivity index (χ2n) is 4.52. The molecule has 0 unspecified atom stereocenters. The lowest BCUT2D eigenvalue weighted by molar-refractivity contribution is 0.111. The Hall–Kier alpha value is -2.10. The van der Waals surface area contributed by atoms with Gasteiger partial charge < -0.3 is 4.74 Å². The van der Waals surface area contributed by atoms with Crippen molar-refractivity contribution in [2.45, 2.75) is 27.3 Å². The van der Waals surface area contributed by atoms with Crippen LogP contribution in [0.2, 0.25) is 0 Å². The van der Waals surface area contributed by atoms with Crippen LogP contribution >= 0.6 is 0 Å². The quantitative estimate of drug-likeness (QED) is 0.792. The summed E-state index contributed by atoms with van der Waals surface area (Å²) in [4.78, 5) is 11.0. The van der Waals surface area contributed by atoms with Crippen molar-refractivity contribution in [3.05, 3.63) is 35.0 Å². The van der Waals surface area contributed by atoms with E-state index >= 15 is 0 Å². The summed E-state index contributed by atoms with van der Waals surface area (Å²) in [6.07, 6.45) is 0.839. The largest absolute Gasteiger partial charge is 0.496 e. The van der Waals surface area contributed by atoms with Gasteiger partial charge in [-0.05, 0) is 50.1 Å². The number of aryl methyl sites for hydroxylation is 3. The number of carbonyl (C=O) groups excluding carboxylic acids is 1. The first-order valence-electron chi connectivity index (χ1n) is 6.29. The van der Waals surface area contributed by atoms with E-state index in [-0.39, 0.29) is 0 Å². The molecule has 0 fully saturated rings. The van der Waals surface area contributed by atoms with Crippen LogP contribution in [-0.2, 0) is 6.54 Å². The van der Waals surface area contributed by atoms with Crippen LogP contribution < -0.4 is 4.74 Å². The summed E-state index contributed by atoms with van der Waals surface area (Å²) in [5.74, 6) is 0.867. The highest BCUT2D eigenvalue weighted by Gasteiger charge is 2.12. The molecule has 2 aromatic rings. The van der Waals surface area contributed by atoms with Crippen molar-refractivity contribution < 1.29 is 9.53 Å². The molecule has 0 saturated heterocycles. The van der Waals surface area contributed by atoms with Crippen LogP contribution in [0, 0.1) is 13.8 Å². The maximum atomic E-state index is 11.0. The minimum absolute atomic E-state index is 0.602. The number of rotatable bonds is 4. The lowest BCUT2D eigenvalue weighted by Gasteiger charge is -2.09. The molecule has 2 rings (SSSR count). The zero-order valence-electron chi connectivity index (χ0n) is 11.7. The standard InChI is InChI=1S/C15H18N2O2/c1-5-17-12(9-18)8-14(16-17)13-6-11(3)15(19-4)7-10(13)2/h6-9H,5H2,1-4H3. The molecule has 1 aromatic heterocycles. The molecule has 0 bridgehead atoms. The third-order valence-electron chi connectivity index (χ3n) is 3.25. The summed E-state index contributed by atoms with van der Waals surface area (Å²) < 4.78 is 7.02. The van der Waals surface area contributed by atoms with Crippen LogP contribution in [0.4, 0.5) is 0 Å². The molecule has 0 aliphatic heterocycles. The van der Waals surface area contributed by atoms with E-state index in [9.17, 15) is 4.79 Å². The Kier molecular flexibility index (Phi) is 3.69. The van der Waals surface area contributed by atoms with Gasteiger partial charge in [-0.3, -0.25) is 9.48 Å². The van der Waals surface area contributed by atoms with E-state index in [2.05, 4.69) is 5.10 Å². The number of ether oxygens (including phenoxy) is 1. The molecule has 0 aliphatic rings. The Morgan fingerprint density at radius 3 is 2.53 bits per heavy atom. The molecule has 0 saturated carbocycles. The molecule has 100 valence electrons. The van der Waals surface area contributed by atoms with E-state index < -0.39 is 0 Å². The predicted octanol–water partition coefficient (Wildman–Crippen LogP) is 3.01. The van der Waals surface area contributed by atoms with Crippen molar-refractivity contribution in [3.8, 4) is 17.0 Å².